The van der Waals surface area contributed by atoms with E-state index >= 15 is 0 Å². The summed E-state index contributed by atoms with van der Waals surface area (Å²) in [5.74, 6) is 2.13. The molecule has 1 aromatic carbocycles. The van der Waals surface area contributed by atoms with Crippen molar-refractivity contribution in [3.05, 3.63) is 29.8 Å². The van der Waals surface area contributed by atoms with Crippen LogP contribution in [0.2, 0.25) is 0 Å². The Hall–Kier alpha value is -0.760. The highest BCUT2D eigenvalue weighted by Gasteiger charge is 2.17. The number of thioether (sulfide) groups is 1. The predicted molar refractivity (Wildman–Crippen MR) is 94.1 cm³/mol. The van der Waals surface area contributed by atoms with Crippen molar-refractivity contribution in [3.63, 3.8) is 0 Å². The minimum atomic E-state index is 0.374. The van der Waals surface area contributed by atoms with Crippen LogP contribution in [0.25, 0.3) is 0 Å². The fourth-order valence-corrected chi connectivity index (χ4v) is 2.77. The van der Waals surface area contributed by atoms with Gasteiger partial charge in [0, 0.05) is 11.3 Å². The van der Waals surface area contributed by atoms with Gasteiger partial charge in [0.05, 0.1) is 5.75 Å². The monoisotopic (exact) mass is 306 g/mol. The van der Waals surface area contributed by atoms with Crippen molar-refractivity contribution in [1.82, 2.24) is 0 Å². The second-order valence-electron chi connectivity index (χ2n) is 5.95. The number of Topliss-reactive ketones (excluding diaryl/α,β-unsaturated/α-hetero) is 1. The quantitative estimate of drug-likeness (QED) is 0.430. The molecular weight excluding hydrogens is 276 g/mol. The van der Waals surface area contributed by atoms with Crippen molar-refractivity contribution in [1.29, 1.82) is 0 Å². The van der Waals surface area contributed by atoms with Crippen LogP contribution in [0, 0.1) is 12.8 Å². The first-order chi connectivity index (χ1) is 10.2. The summed E-state index contributed by atoms with van der Waals surface area (Å²) in [5.41, 5.74) is 1.26. The Morgan fingerprint density at radius 3 is 2.29 bits per heavy atom. The van der Waals surface area contributed by atoms with E-state index in [2.05, 4.69) is 45.0 Å². The maximum absolute atomic E-state index is 11.5. The zero-order chi connectivity index (χ0) is 15.5. The Bertz CT molecular complexity index is 393. The second-order valence-corrected chi connectivity index (χ2v) is 7.00. The number of aryl methyl sites for hydroxylation is 1. The van der Waals surface area contributed by atoms with Gasteiger partial charge in [-0.05, 0) is 31.4 Å². The van der Waals surface area contributed by atoms with Gasteiger partial charge in [0.15, 0.2) is 0 Å². The summed E-state index contributed by atoms with van der Waals surface area (Å²) < 4.78 is 0. The topological polar surface area (TPSA) is 17.1 Å². The Morgan fingerprint density at radius 2 is 1.81 bits per heavy atom. The fourth-order valence-electron chi connectivity index (χ4n) is 1.97. The maximum atomic E-state index is 11.5. The molecule has 1 fully saturated rings. The van der Waals surface area contributed by atoms with Crippen molar-refractivity contribution in [2.24, 2.45) is 5.92 Å². The summed E-state index contributed by atoms with van der Waals surface area (Å²) in [5, 5.41) is 0. The van der Waals surface area contributed by atoms with Gasteiger partial charge in [0.1, 0.15) is 5.78 Å². The number of carbonyl (C=O) groups excluding carboxylic acids is 1. The lowest BCUT2D eigenvalue weighted by atomic mass is 10.2. The highest BCUT2D eigenvalue weighted by Crippen LogP contribution is 2.31. The lowest BCUT2D eigenvalue weighted by Crippen LogP contribution is -2.00. The van der Waals surface area contributed by atoms with Gasteiger partial charge >= 0.3 is 0 Å². The first-order valence-corrected chi connectivity index (χ1v) is 9.35. The molecule has 21 heavy (non-hydrogen) atoms. The smallest absolute Gasteiger partial charge is 0.143 e. The number of unbranched alkanes of at least 4 members (excludes halogenated alkanes) is 2. The Labute approximate surface area is 134 Å². The van der Waals surface area contributed by atoms with Gasteiger partial charge in [-0.25, -0.2) is 0 Å². The van der Waals surface area contributed by atoms with Crippen molar-refractivity contribution in [2.45, 2.75) is 70.6 Å². The van der Waals surface area contributed by atoms with Crippen LogP contribution in [-0.4, -0.2) is 11.5 Å². The van der Waals surface area contributed by atoms with E-state index in [0.29, 0.717) is 11.5 Å². The van der Waals surface area contributed by atoms with Crippen LogP contribution < -0.4 is 0 Å². The minimum absolute atomic E-state index is 0.374. The summed E-state index contributed by atoms with van der Waals surface area (Å²) >= 11 is 1.65. The second kappa shape index (κ2) is 10.9. The zero-order valence-corrected chi connectivity index (χ0v) is 14.7. The molecule has 0 atom stereocenters. The van der Waals surface area contributed by atoms with Gasteiger partial charge in [0.2, 0.25) is 0 Å². The molecule has 2 rings (SSSR count). The van der Waals surface area contributed by atoms with Crippen molar-refractivity contribution in [2.75, 3.05) is 5.75 Å². The normalized spacial score (nSPS) is 13.5. The molecule has 0 aromatic heterocycles. The van der Waals surface area contributed by atoms with E-state index < -0.39 is 0 Å². The number of carbonyl (C=O) groups is 1. The molecule has 0 radical (unpaired) electrons. The molecule has 2 heteroatoms. The maximum Gasteiger partial charge on any atom is 0.143 e. The number of ketones is 1. The van der Waals surface area contributed by atoms with Gasteiger partial charge in [-0.15, -0.1) is 11.8 Å². The first-order valence-electron chi connectivity index (χ1n) is 8.36. The molecule has 0 saturated heterocycles. The molecule has 1 aliphatic carbocycles. The van der Waals surface area contributed by atoms with Crippen LogP contribution in [0.4, 0.5) is 0 Å². The van der Waals surface area contributed by atoms with E-state index in [1.807, 2.05) is 0 Å². The molecule has 0 spiro atoms. The first kappa shape index (κ1) is 18.3. The SMILES string of the molecule is CCC1CC1.CCCCCC(=O)CSc1ccc(C)cc1. The Kier molecular flexibility index (Phi) is 9.49. The zero-order valence-electron chi connectivity index (χ0n) is 13.9. The summed E-state index contributed by atoms with van der Waals surface area (Å²) in [6.45, 7) is 6.49. The number of hydrogen-bond donors (Lipinski definition) is 0. The molecule has 0 unspecified atom stereocenters. The molecule has 1 aromatic rings. The van der Waals surface area contributed by atoms with Gasteiger partial charge in [-0.1, -0.05) is 63.6 Å². The minimum Gasteiger partial charge on any atom is -0.299 e. The third kappa shape index (κ3) is 9.73. The Morgan fingerprint density at radius 1 is 1.14 bits per heavy atom. The van der Waals surface area contributed by atoms with E-state index in [0.717, 1.165) is 18.8 Å². The number of rotatable bonds is 8. The molecule has 1 nitrogen and oxygen atoms in total. The standard InChI is InChI=1S/C14H20OS.C5H10/c1-3-4-5-6-13(15)11-16-14-9-7-12(2)8-10-14;1-2-5-3-4-5/h7-10H,3-6,11H2,1-2H3;5H,2-4H2,1H3. The number of hydrogen-bond acceptors (Lipinski definition) is 2. The van der Waals surface area contributed by atoms with E-state index in [1.54, 1.807) is 11.8 Å². The molecular formula is C19H30OS. The molecule has 1 saturated carbocycles. The number of benzene rings is 1. The largest absolute Gasteiger partial charge is 0.299 e. The van der Waals surface area contributed by atoms with E-state index in [1.165, 1.54) is 42.6 Å². The van der Waals surface area contributed by atoms with E-state index in [4.69, 9.17) is 0 Å². The summed E-state index contributed by atoms with van der Waals surface area (Å²) in [4.78, 5) is 12.7. The van der Waals surface area contributed by atoms with Crippen LogP contribution in [0.15, 0.2) is 29.2 Å². The van der Waals surface area contributed by atoms with Crippen LogP contribution in [0.5, 0.6) is 0 Å². The summed E-state index contributed by atoms with van der Waals surface area (Å²) in [6.07, 6.45) is 8.57. The summed E-state index contributed by atoms with van der Waals surface area (Å²) in [6, 6.07) is 8.34. The van der Waals surface area contributed by atoms with Gasteiger partial charge < -0.3 is 0 Å². The van der Waals surface area contributed by atoms with Crippen LogP contribution in [0.3, 0.4) is 0 Å². The highest BCUT2D eigenvalue weighted by atomic mass is 32.2. The average molecular weight is 307 g/mol. The van der Waals surface area contributed by atoms with Crippen molar-refractivity contribution < 1.29 is 4.79 Å². The lowest BCUT2D eigenvalue weighted by molar-refractivity contribution is -0.116. The van der Waals surface area contributed by atoms with Gasteiger partial charge in [0.25, 0.3) is 0 Å². The molecule has 0 amide bonds. The van der Waals surface area contributed by atoms with Crippen LogP contribution >= 0.6 is 11.8 Å². The molecule has 118 valence electrons. The van der Waals surface area contributed by atoms with E-state index in [9.17, 15) is 4.79 Å². The fraction of sp³-hybridized carbons (Fsp3) is 0.632. The highest BCUT2D eigenvalue weighted by molar-refractivity contribution is 8.00. The predicted octanol–water partition coefficient (Wildman–Crippen LogP) is 6.04. The van der Waals surface area contributed by atoms with Gasteiger partial charge in [-0.2, -0.15) is 0 Å². The van der Waals surface area contributed by atoms with Crippen LogP contribution in [0.1, 0.15) is 64.4 Å². The molecule has 0 aliphatic heterocycles. The molecule has 1 aliphatic rings. The Balaban J connectivity index is 0.000000369. The molecule has 0 N–H and O–H groups in total. The van der Waals surface area contributed by atoms with Crippen molar-refractivity contribution >= 4 is 17.5 Å². The third-order valence-corrected chi connectivity index (χ3v) is 4.83. The van der Waals surface area contributed by atoms with Crippen LogP contribution in [-0.2, 0) is 4.79 Å². The molecule has 0 bridgehead atoms. The lowest BCUT2D eigenvalue weighted by Gasteiger charge is -2.01. The van der Waals surface area contributed by atoms with Crippen molar-refractivity contribution in [3.8, 4) is 0 Å². The van der Waals surface area contributed by atoms with Gasteiger partial charge in [-0.3, -0.25) is 4.79 Å². The van der Waals surface area contributed by atoms with E-state index in [-0.39, 0.29) is 0 Å². The third-order valence-electron chi connectivity index (χ3n) is 3.75. The average Bonchev–Trinajstić information content (AvgIpc) is 3.32. The molecule has 0 heterocycles. The summed E-state index contributed by atoms with van der Waals surface area (Å²) in [7, 11) is 0.